The SMILES string of the molecule is O=C(N/N=C/c1ccc(F)cc1)Nc1ccc2c(c1)C(=O)C(=O)N2CN1CCCCC1. The molecule has 3 amide bonds. The molecule has 160 valence electrons. The number of carbonyl (C=O) groups excluding carboxylic acids is 3. The van der Waals surface area contributed by atoms with Crippen LogP contribution in [0, 0.1) is 5.82 Å². The third-order valence-electron chi connectivity index (χ3n) is 5.27. The van der Waals surface area contributed by atoms with E-state index in [4.69, 9.17) is 0 Å². The Kier molecular flexibility index (Phi) is 6.03. The molecule has 2 aromatic carbocycles. The van der Waals surface area contributed by atoms with Crippen LogP contribution in [0.2, 0.25) is 0 Å². The molecule has 9 heteroatoms. The van der Waals surface area contributed by atoms with E-state index in [0.29, 0.717) is 23.6 Å². The summed E-state index contributed by atoms with van der Waals surface area (Å²) in [5.41, 5.74) is 4.12. The molecule has 2 heterocycles. The zero-order valence-electron chi connectivity index (χ0n) is 16.8. The number of piperidine rings is 1. The highest BCUT2D eigenvalue weighted by Gasteiger charge is 2.37. The van der Waals surface area contributed by atoms with E-state index in [-0.39, 0.29) is 11.4 Å². The second kappa shape index (κ2) is 9.05. The van der Waals surface area contributed by atoms with Crippen LogP contribution in [0.1, 0.15) is 35.2 Å². The summed E-state index contributed by atoms with van der Waals surface area (Å²) in [5, 5.41) is 6.38. The Hall–Kier alpha value is -3.59. The van der Waals surface area contributed by atoms with Crippen LogP contribution in [0.25, 0.3) is 0 Å². The van der Waals surface area contributed by atoms with Crippen molar-refractivity contribution >= 4 is 35.3 Å². The number of anilines is 2. The Balaban J connectivity index is 1.39. The molecule has 0 unspecified atom stereocenters. The van der Waals surface area contributed by atoms with Crippen molar-refractivity contribution in [1.82, 2.24) is 10.3 Å². The fourth-order valence-electron chi connectivity index (χ4n) is 3.69. The van der Waals surface area contributed by atoms with Gasteiger partial charge in [0.2, 0.25) is 0 Å². The number of ketones is 1. The molecule has 0 aromatic heterocycles. The summed E-state index contributed by atoms with van der Waals surface area (Å²) >= 11 is 0. The van der Waals surface area contributed by atoms with Gasteiger partial charge < -0.3 is 5.32 Å². The van der Waals surface area contributed by atoms with E-state index in [1.807, 2.05) is 0 Å². The summed E-state index contributed by atoms with van der Waals surface area (Å²) < 4.78 is 12.9. The molecule has 0 atom stereocenters. The minimum atomic E-state index is -0.611. The highest BCUT2D eigenvalue weighted by atomic mass is 19.1. The minimum absolute atomic E-state index is 0.273. The lowest BCUT2D eigenvalue weighted by Crippen LogP contribution is -2.43. The van der Waals surface area contributed by atoms with Gasteiger partial charge in [-0.3, -0.25) is 19.4 Å². The number of likely N-dealkylation sites (tertiary alicyclic amines) is 1. The van der Waals surface area contributed by atoms with Crippen LogP contribution in [-0.2, 0) is 4.79 Å². The molecular weight excluding hydrogens is 401 g/mol. The predicted octanol–water partition coefficient (Wildman–Crippen LogP) is 2.95. The number of hydrogen-bond acceptors (Lipinski definition) is 5. The molecule has 0 saturated carbocycles. The lowest BCUT2D eigenvalue weighted by Gasteiger charge is -2.30. The van der Waals surface area contributed by atoms with E-state index >= 15 is 0 Å². The van der Waals surface area contributed by atoms with Gasteiger partial charge in [-0.25, -0.2) is 14.6 Å². The largest absolute Gasteiger partial charge is 0.339 e. The molecule has 1 fully saturated rings. The number of halogens is 1. The third-order valence-corrected chi connectivity index (χ3v) is 5.27. The van der Waals surface area contributed by atoms with Crippen molar-refractivity contribution in [2.24, 2.45) is 5.10 Å². The van der Waals surface area contributed by atoms with Crippen LogP contribution >= 0.6 is 0 Å². The van der Waals surface area contributed by atoms with Gasteiger partial charge in [-0.2, -0.15) is 5.10 Å². The Morgan fingerprint density at radius 2 is 1.81 bits per heavy atom. The average molecular weight is 423 g/mol. The number of hydrazone groups is 1. The average Bonchev–Trinajstić information content (AvgIpc) is 3.00. The van der Waals surface area contributed by atoms with Crippen LogP contribution in [0.15, 0.2) is 47.6 Å². The normalized spacial score (nSPS) is 16.6. The number of fused-ring (bicyclic) bond motifs is 1. The van der Waals surface area contributed by atoms with Gasteiger partial charge in [0, 0.05) is 5.69 Å². The maximum atomic E-state index is 12.9. The molecule has 0 bridgehead atoms. The topological polar surface area (TPSA) is 94.1 Å². The summed E-state index contributed by atoms with van der Waals surface area (Å²) in [5.74, 6) is -1.49. The number of rotatable bonds is 5. The summed E-state index contributed by atoms with van der Waals surface area (Å²) in [6.45, 7) is 2.21. The second-order valence-electron chi connectivity index (χ2n) is 7.49. The minimum Gasteiger partial charge on any atom is -0.306 e. The second-order valence-corrected chi connectivity index (χ2v) is 7.49. The zero-order valence-corrected chi connectivity index (χ0v) is 16.8. The molecule has 2 N–H and O–H groups in total. The van der Waals surface area contributed by atoms with Crippen LogP contribution in [0.4, 0.5) is 20.6 Å². The molecule has 8 nitrogen and oxygen atoms in total. The lowest BCUT2D eigenvalue weighted by atomic mass is 10.1. The van der Waals surface area contributed by atoms with Crippen molar-refractivity contribution in [3.05, 3.63) is 59.4 Å². The Morgan fingerprint density at radius 1 is 1.06 bits per heavy atom. The van der Waals surface area contributed by atoms with E-state index < -0.39 is 17.7 Å². The summed E-state index contributed by atoms with van der Waals surface area (Å²) in [6, 6.07) is 9.82. The van der Waals surface area contributed by atoms with E-state index in [1.165, 1.54) is 47.9 Å². The molecule has 4 rings (SSSR count). The summed E-state index contributed by atoms with van der Waals surface area (Å²) in [6.07, 6.45) is 4.74. The van der Waals surface area contributed by atoms with Gasteiger partial charge in [-0.05, 0) is 61.8 Å². The fraction of sp³-hybridized carbons (Fsp3) is 0.273. The monoisotopic (exact) mass is 423 g/mol. The van der Waals surface area contributed by atoms with Gasteiger partial charge in [-0.1, -0.05) is 18.6 Å². The third kappa shape index (κ3) is 4.77. The van der Waals surface area contributed by atoms with Crippen LogP contribution in [0.5, 0.6) is 0 Å². The maximum absolute atomic E-state index is 12.9. The van der Waals surface area contributed by atoms with Crippen molar-refractivity contribution in [1.29, 1.82) is 0 Å². The van der Waals surface area contributed by atoms with Crippen molar-refractivity contribution in [2.75, 3.05) is 30.0 Å². The number of nitrogens with zero attached hydrogens (tertiary/aromatic N) is 3. The molecular formula is C22H22FN5O3. The Labute approximate surface area is 178 Å². The first kappa shape index (κ1) is 20.7. The molecule has 2 aromatic rings. The smallest absolute Gasteiger partial charge is 0.306 e. The highest BCUT2D eigenvalue weighted by molar-refractivity contribution is 6.52. The quantitative estimate of drug-likeness (QED) is 0.439. The molecule has 0 spiro atoms. The fourth-order valence-corrected chi connectivity index (χ4v) is 3.69. The Bertz CT molecular complexity index is 1030. The number of nitrogens with one attached hydrogen (secondary N) is 2. The lowest BCUT2D eigenvalue weighted by molar-refractivity contribution is -0.114. The van der Waals surface area contributed by atoms with Gasteiger partial charge in [0.05, 0.1) is 24.1 Å². The predicted molar refractivity (Wildman–Crippen MR) is 115 cm³/mol. The van der Waals surface area contributed by atoms with E-state index in [1.54, 1.807) is 12.1 Å². The van der Waals surface area contributed by atoms with Crippen LogP contribution < -0.4 is 15.6 Å². The first-order valence-corrected chi connectivity index (χ1v) is 10.1. The van der Waals surface area contributed by atoms with E-state index in [9.17, 15) is 18.8 Å². The van der Waals surface area contributed by atoms with Crippen LogP contribution in [0.3, 0.4) is 0 Å². The van der Waals surface area contributed by atoms with E-state index in [0.717, 1.165) is 25.9 Å². The van der Waals surface area contributed by atoms with Gasteiger partial charge in [0.25, 0.3) is 5.78 Å². The number of urea groups is 1. The van der Waals surface area contributed by atoms with Crippen molar-refractivity contribution < 1.29 is 18.8 Å². The van der Waals surface area contributed by atoms with Gasteiger partial charge in [0.15, 0.2) is 0 Å². The first-order chi connectivity index (χ1) is 15.0. The molecule has 1 saturated heterocycles. The van der Waals surface area contributed by atoms with Gasteiger partial charge in [0.1, 0.15) is 5.82 Å². The van der Waals surface area contributed by atoms with Crippen molar-refractivity contribution in [3.8, 4) is 0 Å². The number of carbonyl (C=O) groups is 3. The Morgan fingerprint density at radius 3 is 2.55 bits per heavy atom. The van der Waals surface area contributed by atoms with Crippen LogP contribution in [-0.4, -0.2) is 48.6 Å². The van der Waals surface area contributed by atoms with E-state index in [2.05, 4.69) is 20.7 Å². The van der Waals surface area contributed by atoms with Crippen molar-refractivity contribution in [2.45, 2.75) is 19.3 Å². The van der Waals surface area contributed by atoms with Crippen molar-refractivity contribution in [3.63, 3.8) is 0 Å². The summed E-state index contributed by atoms with van der Waals surface area (Å²) in [7, 11) is 0. The van der Waals surface area contributed by atoms with Gasteiger partial charge in [-0.15, -0.1) is 0 Å². The standard InChI is InChI=1S/C22H22FN5O3/c23-16-6-4-15(5-7-16)13-24-26-22(31)25-17-8-9-19-18(12-17)20(29)21(30)28(19)14-27-10-2-1-3-11-27/h4-9,12-13H,1-3,10-11,14H2,(H2,25,26,31)/b24-13+. The van der Waals surface area contributed by atoms with Gasteiger partial charge >= 0.3 is 11.9 Å². The highest BCUT2D eigenvalue weighted by Crippen LogP contribution is 2.31. The first-order valence-electron chi connectivity index (χ1n) is 10.1. The zero-order chi connectivity index (χ0) is 21.8. The number of hydrogen-bond donors (Lipinski definition) is 2. The number of amides is 3. The number of benzene rings is 2. The number of Topliss-reactive ketones (excluding diaryl/α,β-unsaturated/α-hetero) is 1. The molecule has 2 aliphatic rings. The molecule has 31 heavy (non-hydrogen) atoms. The molecule has 0 aliphatic carbocycles. The molecule has 2 aliphatic heterocycles. The maximum Gasteiger partial charge on any atom is 0.339 e. The summed E-state index contributed by atoms with van der Waals surface area (Å²) in [4.78, 5) is 40.7. The molecule has 0 radical (unpaired) electrons.